The lowest BCUT2D eigenvalue weighted by molar-refractivity contribution is -0.919. The van der Waals surface area contributed by atoms with Crippen LogP contribution >= 0.6 is 0 Å². The molecule has 1 aromatic heterocycles. The van der Waals surface area contributed by atoms with E-state index in [2.05, 4.69) is 23.5 Å². The molecule has 4 heteroatoms. The van der Waals surface area contributed by atoms with E-state index in [0.717, 1.165) is 23.9 Å². The molecule has 0 saturated carbocycles. The lowest BCUT2D eigenvalue weighted by Crippen LogP contribution is -2.41. The molecule has 0 bridgehead atoms. The van der Waals surface area contributed by atoms with Gasteiger partial charge in [-0.15, -0.1) is 0 Å². The van der Waals surface area contributed by atoms with E-state index in [9.17, 15) is 0 Å². The number of fused-ring (bicyclic) bond motifs is 1. The first kappa shape index (κ1) is 13.2. The van der Waals surface area contributed by atoms with E-state index in [1.165, 1.54) is 19.3 Å². The molecule has 1 atom stereocenters. The number of benzene rings is 1. The molecule has 20 heavy (non-hydrogen) atoms. The number of aryl methyl sites for hydroxylation is 1. The van der Waals surface area contributed by atoms with Gasteiger partial charge in [0.25, 0.3) is 0 Å². The van der Waals surface area contributed by atoms with E-state index in [4.69, 9.17) is 4.84 Å². The maximum Gasteiger partial charge on any atom is 0.312 e. The van der Waals surface area contributed by atoms with Crippen molar-refractivity contribution in [3.63, 3.8) is 0 Å². The number of para-hydroxylation sites is 1. The Labute approximate surface area is 120 Å². The summed E-state index contributed by atoms with van der Waals surface area (Å²) in [6.45, 7) is 4.56. The molecule has 0 saturated heterocycles. The van der Waals surface area contributed by atoms with E-state index >= 15 is 0 Å². The average molecular weight is 272 g/mol. The van der Waals surface area contributed by atoms with Gasteiger partial charge in [-0.1, -0.05) is 32.0 Å². The summed E-state index contributed by atoms with van der Waals surface area (Å²) in [7, 11) is 0. The molecule has 0 N–H and O–H groups in total. The number of hydrogen-bond acceptors (Lipinski definition) is 2. The maximum absolute atomic E-state index is 5.73. The number of aromatic nitrogens is 3. The van der Waals surface area contributed by atoms with E-state index in [1.807, 2.05) is 36.7 Å². The molecule has 0 amide bonds. The van der Waals surface area contributed by atoms with E-state index in [1.54, 1.807) is 4.85 Å². The standard InChI is InChI=1S/C16H22N3O/c1-13(2)8-9-14-10-11-16-17-19(12-18(14)16)20-15-6-4-3-5-7-15/h3-7,12-14H,8-11H2,1-2H3/q+1/t14-/m0/s1. The summed E-state index contributed by atoms with van der Waals surface area (Å²) in [6.07, 6.45) is 6.74. The summed E-state index contributed by atoms with van der Waals surface area (Å²) < 4.78 is 2.28. The Morgan fingerprint density at radius 1 is 1.35 bits per heavy atom. The molecule has 2 heterocycles. The van der Waals surface area contributed by atoms with E-state index < -0.39 is 0 Å². The zero-order chi connectivity index (χ0) is 13.9. The minimum absolute atomic E-state index is 0.584. The molecule has 1 aliphatic heterocycles. The Morgan fingerprint density at radius 2 is 2.15 bits per heavy atom. The van der Waals surface area contributed by atoms with Gasteiger partial charge in [0.15, 0.2) is 5.75 Å². The molecule has 3 rings (SSSR count). The maximum atomic E-state index is 5.73. The molecule has 2 aromatic rings. The molecule has 0 spiro atoms. The van der Waals surface area contributed by atoms with Crippen LogP contribution in [0.4, 0.5) is 0 Å². The Bertz CT molecular complexity index is 562. The van der Waals surface area contributed by atoms with Gasteiger partial charge in [0.05, 0.1) is 4.85 Å². The van der Waals surface area contributed by atoms with E-state index in [-0.39, 0.29) is 0 Å². The number of rotatable bonds is 5. The van der Waals surface area contributed by atoms with Crippen molar-refractivity contribution in [2.75, 3.05) is 0 Å². The van der Waals surface area contributed by atoms with Crippen LogP contribution in [0.2, 0.25) is 0 Å². The summed E-state index contributed by atoms with van der Waals surface area (Å²) in [5, 5.41) is 4.52. The molecule has 0 radical (unpaired) electrons. The third kappa shape index (κ3) is 2.84. The van der Waals surface area contributed by atoms with Gasteiger partial charge < -0.3 is 0 Å². The molecule has 1 aliphatic rings. The first-order valence-corrected chi connectivity index (χ1v) is 7.45. The second-order valence-electron chi connectivity index (χ2n) is 5.91. The van der Waals surface area contributed by atoms with Crippen LogP contribution in [0, 0.1) is 5.92 Å². The van der Waals surface area contributed by atoms with Gasteiger partial charge in [0.1, 0.15) is 6.04 Å². The van der Waals surface area contributed by atoms with Gasteiger partial charge in [-0.25, -0.2) is 4.57 Å². The molecule has 1 aromatic carbocycles. The van der Waals surface area contributed by atoms with Crippen LogP contribution in [0.25, 0.3) is 0 Å². The van der Waals surface area contributed by atoms with Gasteiger partial charge in [0, 0.05) is 6.42 Å². The fourth-order valence-corrected chi connectivity index (χ4v) is 2.73. The quantitative estimate of drug-likeness (QED) is 0.784. The van der Waals surface area contributed by atoms with Crippen molar-refractivity contribution in [1.82, 2.24) is 9.67 Å². The molecule has 0 fully saturated rings. The highest BCUT2D eigenvalue weighted by Crippen LogP contribution is 2.28. The van der Waals surface area contributed by atoms with Crippen LogP contribution in [-0.2, 0) is 6.42 Å². The smallest absolute Gasteiger partial charge is 0.275 e. The number of hydrogen-bond donors (Lipinski definition) is 0. The fourth-order valence-electron chi connectivity index (χ4n) is 2.73. The monoisotopic (exact) mass is 272 g/mol. The van der Waals surface area contributed by atoms with Gasteiger partial charge in [-0.2, -0.15) is 0 Å². The zero-order valence-electron chi connectivity index (χ0n) is 12.2. The Morgan fingerprint density at radius 3 is 2.90 bits per heavy atom. The van der Waals surface area contributed by atoms with Crippen molar-refractivity contribution >= 4 is 0 Å². The molecule has 0 unspecified atom stereocenters. The fraction of sp³-hybridized carbons (Fsp3) is 0.500. The van der Waals surface area contributed by atoms with Crippen molar-refractivity contribution in [2.45, 2.75) is 45.6 Å². The van der Waals surface area contributed by atoms with E-state index in [0.29, 0.717) is 6.04 Å². The van der Waals surface area contributed by atoms with Crippen molar-refractivity contribution in [1.29, 1.82) is 0 Å². The van der Waals surface area contributed by atoms with Gasteiger partial charge in [0.2, 0.25) is 5.82 Å². The predicted octanol–water partition coefficient (Wildman–Crippen LogP) is 2.94. The van der Waals surface area contributed by atoms with Crippen LogP contribution < -0.4 is 9.68 Å². The summed E-state index contributed by atoms with van der Waals surface area (Å²) in [4.78, 5) is 7.32. The number of nitrogens with zero attached hydrogens (tertiary/aromatic N) is 3. The van der Waals surface area contributed by atoms with Crippen molar-refractivity contribution < 1.29 is 9.68 Å². The lowest BCUT2D eigenvalue weighted by atomic mass is 10.0. The Hall–Kier alpha value is -1.84. The SMILES string of the molecule is CC(C)CC[C@H]1CCc2n[n+](Oc3ccccc3)cn21. The summed E-state index contributed by atoms with van der Waals surface area (Å²) in [5.41, 5.74) is 0. The zero-order valence-corrected chi connectivity index (χ0v) is 12.2. The second-order valence-corrected chi connectivity index (χ2v) is 5.91. The molecule has 0 aliphatic carbocycles. The van der Waals surface area contributed by atoms with Gasteiger partial charge in [-0.3, -0.25) is 4.84 Å². The Balaban J connectivity index is 1.70. The third-order valence-electron chi connectivity index (χ3n) is 3.85. The van der Waals surface area contributed by atoms with Crippen molar-refractivity contribution in [2.24, 2.45) is 5.92 Å². The summed E-state index contributed by atoms with van der Waals surface area (Å²) >= 11 is 0. The largest absolute Gasteiger partial charge is 0.312 e. The Kier molecular flexibility index (Phi) is 3.72. The molecule has 106 valence electrons. The van der Waals surface area contributed by atoms with Crippen LogP contribution in [-0.4, -0.2) is 9.67 Å². The van der Waals surface area contributed by atoms with Crippen molar-refractivity contribution in [3.8, 4) is 5.75 Å². The highest BCUT2D eigenvalue weighted by Gasteiger charge is 2.31. The highest BCUT2D eigenvalue weighted by molar-refractivity contribution is 5.19. The van der Waals surface area contributed by atoms with Crippen molar-refractivity contribution in [3.05, 3.63) is 42.5 Å². The van der Waals surface area contributed by atoms with Crippen LogP contribution in [0.3, 0.4) is 0 Å². The predicted molar refractivity (Wildman–Crippen MR) is 76.3 cm³/mol. The molecular formula is C16H22N3O+. The van der Waals surface area contributed by atoms with Crippen LogP contribution in [0.1, 0.15) is 45.0 Å². The summed E-state index contributed by atoms with van der Waals surface area (Å²) in [6, 6.07) is 10.4. The normalized spacial score (nSPS) is 17.4. The third-order valence-corrected chi connectivity index (χ3v) is 3.85. The molecular weight excluding hydrogens is 250 g/mol. The van der Waals surface area contributed by atoms with Crippen LogP contribution in [0.5, 0.6) is 5.75 Å². The minimum Gasteiger partial charge on any atom is -0.275 e. The van der Waals surface area contributed by atoms with Gasteiger partial charge in [-0.05, 0) is 42.4 Å². The van der Waals surface area contributed by atoms with Crippen LogP contribution in [0.15, 0.2) is 36.7 Å². The second kappa shape index (κ2) is 5.65. The van der Waals surface area contributed by atoms with Gasteiger partial charge >= 0.3 is 6.33 Å². The first-order valence-electron chi connectivity index (χ1n) is 7.45. The first-order chi connectivity index (χ1) is 9.72. The lowest BCUT2D eigenvalue weighted by Gasteiger charge is -2.09. The average Bonchev–Trinajstić information content (AvgIpc) is 2.97. The molecule has 4 nitrogen and oxygen atoms in total. The minimum atomic E-state index is 0.584. The highest BCUT2D eigenvalue weighted by atomic mass is 16.7. The summed E-state index contributed by atoms with van der Waals surface area (Å²) in [5.74, 6) is 2.71. The topological polar surface area (TPSA) is 30.9 Å².